The molecule has 0 fully saturated rings. The first-order valence-corrected chi connectivity index (χ1v) is 5.32. The van der Waals surface area contributed by atoms with Crippen molar-refractivity contribution in [3.05, 3.63) is 35.4 Å². The molecule has 2 rings (SSSR count). The van der Waals surface area contributed by atoms with E-state index in [9.17, 15) is 0 Å². The van der Waals surface area contributed by atoms with E-state index in [1.54, 1.807) is 7.11 Å². The van der Waals surface area contributed by atoms with Gasteiger partial charge in [0.2, 0.25) is 0 Å². The molecule has 2 nitrogen and oxygen atoms in total. The lowest BCUT2D eigenvalue weighted by atomic mass is 10.00. The van der Waals surface area contributed by atoms with E-state index in [4.69, 9.17) is 10.5 Å². The summed E-state index contributed by atoms with van der Waals surface area (Å²) in [4.78, 5) is 0. The molecule has 0 aromatic heterocycles. The smallest absolute Gasteiger partial charge is 0.119 e. The molecule has 1 unspecified atom stereocenters. The van der Waals surface area contributed by atoms with Gasteiger partial charge in [-0.3, -0.25) is 0 Å². The molecular weight excluding hydrogens is 186 g/mol. The first-order chi connectivity index (χ1) is 7.20. The second kappa shape index (κ2) is 4.07. The number of ether oxygens (including phenoxy) is 1. The Labute approximate surface area is 90.7 Å². The Hall–Kier alpha value is -1.28. The van der Waals surface area contributed by atoms with E-state index in [0.717, 1.165) is 18.6 Å². The van der Waals surface area contributed by atoms with Crippen molar-refractivity contribution < 1.29 is 4.74 Å². The molecule has 2 heteroatoms. The zero-order chi connectivity index (χ0) is 10.8. The molecule has 80 valence electrons. The van der Waals surface area contributed by atoms with Crippen molar-refractivity contribution >= 4 is 5.57 Å². The average molecular weight is 203 g/mol. The van der Waals surface area contributed by atoms with Crippen LogP contribution in [0.15, 0.2) is 24.3 Å². The third-order valence-electron chi connectivity index (χ3n) is 2.94. The maximum Gasteiger partial charge on any atom is 0.119 e. The molecule has 0 saturated heterocycles. The number of nitrogens with two attached hydrogens (primary N) is 1. The SMILES string of the molecule is COc1ccc(C2=CC(N)CC2)c(C)c1. The molecule has 2 N–H and O–H groups in total. The monoisotopic (exact) mass is 203 g/mol. The number of hydrogen-bond donors (Lipinski definition) is 1. The number of rotatable bonds is 2. The fourth-order valence-corrected chi connectivity index (χ4v) is 2.10. The van der Waals surface area contributed by atoms with Crippen molar-refractivity contribution in [2.45, 2.75) is 25.8 Å². The van der Waals surface area contributed by atoms with Gasteiger partial charge in [-0.05, 0) is 48.6 Å². The van der Waals surface area contributed by atoms with E-state index in [2.05, 4.69) is 25.1 Å². The molecule has 0 aliphatic heterocycles. The first-order valence-electron chi connectivity index (χ1n) is 5.32. The van der Waals surface area contributed by atoms with Crippen molar-refractivity contribution in [2.75, 3.05) is 7.11 Å². The highest BCUT2D eigenvalue weighted by Crippen LogP contribution is 2.30. The topological polar surface area (TPSA) is 35.2 Å². The summed E-state index contributed by atoms with van der Waals surface area (Å²) in [6, 6.07) is 6.44. The van der Waals surface area contributed by atoms with E-state index in [1.807, 2.05) is 6.07 Å². The van der Waals surface area contributed by atoms with Gasteiger partial charge < -0.3 is 10.5 Å². The summed E-state index contributed by atoms with van der Waals surface area (Å²) >= 11 is 0. The van der Waals surface area contributed by atoms with Crippen LogP contribution in [0.3, 0.4) is 0 Å². The summed E-state index contributed by atoms with van der Waals surface area (Å²) in [6.45, 7) is 2.11. The molecule has 0 heterocycles. The van der Waals surface area contributed by atoms with Gasteiger partial charge in [0.25, 0.3) is 0 Å². The minimum absolute atomic E-state index is 0.238. The van der Waals surface area contributed by atoms with Gasteiger partial charge in [-0.25, -0.2) is 0 Å². The van der Waals surface area contributed by atoms with Crippen LogP contribution in [-0.2, 0) is 0 Å². The van der Waals surface area contributed by atoms with Gasteiger partial charge in [-0.15, -0.1) is 0 Å². The number of hydrogen-bond acceptors (Lipinski definition) is 2. The lowest BCUT2D eigenvalue weighted by Crippen LogP contribution is -2.11. The lowest BCUT2D eigenvalue weighted by Gasteiger charge is -2.08. The molecule has 1 aromatic carbocycles. The third-order valence-corrected chi connectivity index (χ3v) is 2.94. The fraction of sp³-hybridized carbons (Fsp3) is 0.385. The Morgan fingerprint density at radius 3 is 2.73 bits per heavy atom. The summed E-state index contributed by atoms with van der Waals surface area (Å²) in [5, 5.41) is 0. The number of benzene rings is 1. The molecule has 0 radical (unpaired) electrons. The molecule has 1 atom stereocenters. The van der Waals surface area contributed by atoms with Gasteiger partial charge in [0, 0.05) is 6.04 Å². The Kier molecular flexibility index (Phi) is 2.78. The molecular formula is C13H17NO. The highest BCUT2D eigenvalue weighted by Gasteiger charge is 2.14. The molecule has 1 aliphatic carbocycles. The zero-order valence-corrected chi connectivity index (χ0v) is 9.29. The predicted molar refractivity (Wildman–Crippen MR) is 62.9 cm³/mol. The maximum atomic E-state index is 5.87. The van der Waals surface area contributed by atoms with Gasteiger partial charge in [-0.1, -0.05) is 12.1 Å². The highest BCUT2D eigenvalue weighted by atomic mass is 16.5. The van der Waals surface area contributed by atoms with E-state index < -0.39 is 0 Å². The largest absolute Gasteiger partial charge is 0.497 e. The molecule has 0 bridgehead atoms. The Bertz CT molecular complexity index is 396. The summed E-state index contributed by atoms with van der Waals surface area (Å²) in [5.74, 6) is 0.916. The molecule has 15 heavy (non-hydrogen) atoms. The molecule has 0 spiro atoms. The summed E-state index contributed by atoms with van der Waals surface area (Å²) < 4.78 is 5.19. The summed E-state index contributed by atoms with van der Waals surface area (Å²) in [5.41, 5.74) is 9.81. The average Bonchev–Trinajstić information content (AvgIpc) is 2.64. The molecule has 0 amide bonds. The van der Waals surface area contributed by atoms with Gasteiger partial charge >= 0.3 is 0 Å². The van der Waals surface area contributed by atoms with Gasteiger partial charge in [-0.2, -0.15) is 0 Å². The van der Waals surface area contributed by atoms with Crippen molar-refractivity contribution in [2.24, 2.45) is 5.73 Å². The normalized spacial score (nSPS) is 20.2. The van der Waals surface area contributed by atoms with Crippen LogP contribution in [0, 0.1) is 6.92 Å². The fourth-order valence-electron chi connectivity index (χ4n) is 2.10. The predicted octanol–water partition coefficient (Wildman–Crippen LogP) is 2.51. The van der Waals surface area contributed by atoms with Crippen LogP contribution >= 0.6 is 0 Å². The molecule has 1 aliphatic rings. The minimum Gasteiger partial charge on any atom is -0.497 e. The van der Waals surface area contributed by atoms with Crippen LogP contribution in [0.2, 0.25) is 0 Å². The Balaban J connectivity index is 2.33. The molecule has 0 saturated carbocycles. The van der Waals surface area contributed by atoms with Gasteiger partial charge in [0.1, 0.15) is 5.75 Å². The van der Waals surface area contributed by atoms with Gasteiger partial charge in [0.15, 0.2) is 0 Å². The highest BCUT2D eigenvalue weighted by molar-refractivity contribution is 5.71. The van der Waals surface area contributed by atoms with Crippen molar-refractivity contribution in [3.63, 3.8) is 0 Å². The first kappa shape index (κ1) is 10.2. The second-order valence-electron chi connectivity index (χ2n) is 4.08. The van der Waals surface area contributed by atoms with Crippen LogP contribution < -0.4 is 10.5 Å². The quantitative estimate of drug-likeness (QED) is 0.801. The summed E-state index contributed by atoms with van der Waals surface area (Å²) in [6.07, 6.45) is 4.34. The molecule has 1 aromatic rings. The maximum absolute atomic E-state index is 5.87. The standard InChI is InChI=1S/C13H17NO/c1-9-7-12(15-2)5-6-13(9)10-3-4-11(14)8-10/h5-8,11H,3-4,14H2,1-2H3. The van der Waals surface area contributed by atoms with E-state index >= 15 is 0 Å². The number of methoxy groups -OCH3 is 1. The van der Waals surface area contributed by atoms with Crippen LogP contribution in [0.25, 0.3) is 5.57 Å². The number of allylic oxidation sites excluding steroid dienone is 1. The van der Waals surface area contributed by atoms with Crippen LogP contribution in [0.1, 0.15) is 24.0 Å². The van der Waals surface area contributed by atoms with Crippen molar-refractivity contribution in [1.82, 2.24) is 0 Å². The van der Waals surface area contributed by atoms with Crippen LogP contribution in [0.4, 0.5) is 0 Å². The van der Waals surface area contributed by atoms with E-state index in [1.165, 1.54) is 16.7 Å². The zero-order valence-electron chi connectivity index (χ0n) is 9.29. The Morgan fingerprint density at radius 1 is 1.40 bits per heavy atom. The summed E-state index contributed by atoms with van der Waals surface area (Å²) in [7, 11) is 1.69. The Morgan fingerprint density at radius 2 is 2.20 bits per heavy atom. The third kappa shape index (κ3) is 2.05. The van der Waals surface area contributed by atoms with Crippen LogP contribution in [-0.4, -0.2) is 13.2 Å². The number of aryl methyl sites for hydroxylation is 1. The minimum atomic E-state index is 0.238. The second-order valence-corrected chi connectivity index (χ2v) is 4.08. The lowest BCUT2D eigenvalue weighted by molar-refractivity contribution is 0.414. The van der Waals surface area contributed by atoms with Crippen molar-refractivity contribution in [3.8, 4) is 5.75 Å². The van der Waals surface area contributed by atoms with Crippen molar-refractivity contribution in [1.29, 1.82) is 0 Å². The van der Waals surface area contributed by atoms with E-state index in [0.29, 0.717) is 0 Å². The van der Waals surface area contributed by atoms with E-state index in [-0.39, 0.29) is 6.04 Å². The van der Waals surface area contributed by atoms with Gasteiger partial charge in [0.05, 0.1) is 7.11 Å². The van der Waals surface area contributed by atoms with Crippen LogP contribution in [0.5, 0.6) is 5.75 Å².